The van der Waals surface area contributed by atoms with Crippen LogP contribution in [0.15, 0.2) is 24.3 Å². The van der Waals surface area contributed by atoms with Gasteiger partial charge in [0.25, 0.3) is 0 Å². The van der Waals surface area contributed by atoms with Gasteiger partial charge in [0, 0.05) is 19.6 Å². The number of carbonyl (C=O) groups is 2. The van der Waals surface area contributed by atoms with Crippen LogP contribution in [0.3, 0.4) is 0 Å². The van der Waals surface area contributed by atoms with Crippen molar-refractivity contribution in [3.63, 3.8) is 0 Å². The predicted octanol–water partition coefficient (Wildman–Crippen LogP) is 0.213. The van der Waals surface area contributed by atoms with Crippen molar-refractivity contribution < 1.29 is 19.1 Å². The zero-order chi connectivity index (χ0) is 15.1. The molecule has 21 heavy (non-hydrogen) atoms. The van der Waals surface area contributed by atoms with Crippen LogP contribution in [-0.2, 0) is 20.7 Å². The van der Waals surface area contributed by atoms with Crippen LogP contribution in [0.1, 0.15) is 5.56 Å². The van der Waals surface area contributed by atoms with Gasteiger partial charge in [-0.25, -0.2) is 0 Å². The average molecular weight is 292 g/mol. The summed E-state index contributed by atoms with van der Waals surface area (Å²) in [5, 5.41) is 2.82. The number of hydrogen-bond acceptors (Lipinski definition) is 4. The Kier molecular flexibility index (Phi) is 5.57. The van der Waals surface area contributed by atoms with Gasteiger partial charge in [0.2, 0.25) is 11.8 Å². The minimum atomic E-state index is -0.0547. The molecule has 2 rings (SSSR count). The molecule has 1 aliphatic rings. The average Bonchev–Trinajstić information content (AvgIpc) is 2.50. The molecule has 1 aromatic carbocycles. The van der Waals surface area contributed by atoms with E-state index in [9.17, 15) is 9.59 Å². The summed E-state index contributed by atoms with van der Waals surface area (Å²) >= 11 is 0. The SMILES string of the molecule is COc1ccc(CC(=O)NCCN2CCOCC2=O)cc1. The fourth-order valence-corrected chi connectivity index (χ4v) is 2.11. The van der Waals surface area contributed by atoms with E-state index >= 15 is 0 Å². The van der Waals surface area contributed by atoms with Gasteiger partial charge in [0.1, 0.15) is 12.4 Å². The van der Waals surface area contributed by atoms with Crippen molar-refractivity contribution in [2.75, 3.05) is 40.0 Å². The van der Waals surface area contributed by atoms with Crippen LogP contribution in [0.4, 0.5) is 0 Å². The molecule has 1 aliphatic heterocycles. The van der Waals surface area contributed by atoms with Crippen molar-refractivity contribution >= 4 is 11.8 Å². The largest absolute Gasteiger partial charge is 0.497 e. The summed E-state index contributed by atoms with van der Waals surface area (Å²) in [6.07, 6.45) is 0.320. The molecule has 2 amide bonds. The van der Waals surface area contributed by atoms with E-state index in [1.165, 1.54) is 0 Å². The zero-order valence-electron chi connectivity index (χ0n) is 12.1. The van der Waals surface area contributed by atoms with Crippen molar-refractivity contribution in [3.05, 3.63) is 29.8 Å². The fourth-order valence-electron chi connectivity index (χ4n) is 2.11. The number of morpholine rings is 1. The van der Waals surface area contributed by atoms with Crippen LogP contribution in [0.5, 0.6) is 5.75 Å². The van der Waals surface area contributed by atoms with Gasteiger partial charge in [-0.2, -0.15) is 0 Å². The number of benzene rings is 1. The minimum Gasteiger partial charge on any atom is -0.497 e. The molecule has 0 bridgehead atoms. The first-order valence-electron chi connectivity index (χ1n) is 6.94. The fraction of sp³-hybridized carbons (Fsp3) is 0.467. The Morgan fingerprint density at radius 2 is 2.14 bits per heavy atom. The summed E-state index contributed by atoms with van der Waals surface area (Å²) in [7, 11) is 1.61. The van der Waals surface area contributed by atoms with Crippen LogP contribution >= 0.6 is 0 Å². The van der Waals surface area contributed by atoms with Gasteiger partial charge in [-0.3, -0.25) is 9.59 Å². The summed E-state index contributed by atoms with van der Waals surface area (Å²) < 4.78 is 10.1. The smallest absolute Gasteiger partial charge is 0.248 e. The molecule has 0 saturated carbocycles. The Morgan fingerprint density at radius 1 is 1.38 bits per heavy atom. The lowest BCUT2D eigenvalue weighted by Gasteiger charge is -2.26. The standard InChI is InChI=1S/C15H20N2O4/c1-20-13-4-2-12(3-5-13)10-14(18)16-6-7-17-8-9-21-11-15(17)19/h2-5H,6-11H2,1H3,(H,16,18). The lowest BCUT2D eigenvalue weighted by molar-refractivity contribution is -0.142. The summed E-state index contributed by atoms with van der Waals surface area (Å²) in [6.45, 7) is 2.27. The molecule has 0 aliphatic carbocycles. The molecule has 0 radical (unpaired) electrons. The highest BCUT2D eigenvalue weighted by molar-refractivity contribution is 5.79. The Hall–Kier alpha value is -2.08. The van der Waals surface area contributed by atoms with Crippen LogP contribution in [0, 0.1) is 0 Å². The van der Waals surface area contributed by atoms with E-state index in [2.05, 4.69) is 5.32 Å². The van der Waals surface area contributed by atoms with Gasteiger partial charge in [-0.15, -0.1) is 0 Å². The van der Waals surface area contributed by atoms with Crippen molar-refractivity contribution in [1.82, 2.24) is 10.2 Å². The van der Waals surface area contributed by atoms with E-state index < -0.39 is 0 Å². The predicted molar refractivity (Wildman–Crippen MR) is 77.1 cm³/mol. The number of amides is 2. The van der Waals surface area contributed by atoms with Gasteiger partial charge in [0.05, 0.1) is 20.1 Å². The summed E-state index contributed by atoms with van der Waals surface area (Å²) in [5.74, 6) is 0.691. The lowest BCUT2D eigenvalue weighted by atomic mass is 10.1. The third-order valence-electron chi connectivity index (χ3n) is 3.31. The molecular weight excluding hydrogens is 272 g/mol. The molecule has 0 atom stereocenters. The molecule has 6 heteroatoms. The Morgan fingerprint density at radius 3 is 2.81 bits per heavy atom. The van der Waals surface area contributed by atoms with E-state index in [1.54, 1.807) is 12.0 Å². The number of ether oxygens (including phenoxy) is 2. The number of nitrogens with one attached hydrogen (secondary N) is 1. The van der Waals surface area contributed by atoms with Crippen LogP contribution < -0.4 is 10.1 Å². The molecule has 6 nitrogen and oxygen atoms in total. The van der Waals surface area contributed by atoms with Gasteiger partial charge >= 0.3 is 0 Å². The maximum Gasteiger partial charge on any atom is 0.248 e. The molecule has 1 N–H and O–H groups in total. The number of hydrogen-bond donors (Lipinski definition) is 1. The Balaban J connectivity index is 1.70. The number of methoxy groups -OCH3 is 1. The van der Waals surface area contributed by atoms with Crippen LogP contribution in [-0.4, -0.2) is 56.7 Å². The molecule has 1 fully saturated rings. The van der Waals surface area contributed by atoms with Gasteiger partial charge in [-0.05, 0) is 17.7 Å². The van der Waals surface area contributed by atoms with Crippen molar-refractivity contribution in [2.45, 2.75) is 6.42 Å². The third-order valence-corrected chi connectivity index (χ3v) is 3.31. The summed E-state index contributed by atoms with van der Waals surface area (Å²) in [5.41, 5.74) is 0.927. The third kappa shape index (κ3) is 4.75. The molecule has 0 spiro atoms. The molecular formula is C15H20N2O4. The maximum absolute atomic E-state index is 11.8. The molecule has 0 aromatic heterocycles. The monoisotopic (exact) mass is 292 g/mol. The zero-order valence-corrected chi connectivity index (χ0v) is 12.1. The van der Waals surface area contributed by atoms with Gasteiger partial charge in [-0.1, -0.05) is 12.1 Å². The first-order valence-corrected chi connectivity index (χ1v) is 6.94. The number of rotatable bonds is 6. The highest BCUT2D eigenvalue weighted by Gasteiger charge is 2.17. The highest BCUT2D eigenvalue weighted by atomic mass is 16.5. The second-order valence-electron chi connectivity index (χ2n) is 4.81. The van der Waals surface area contributed by atoms with Crippen molar-refractivity contribution in [1.29, 1.82) is 0 Å². The lowest BCUT2D eigenvalue weighted by Crippen LogP contribution is -2.45. The van der Waals surface area contributed by atoms with Gasteiger partial charge in [0.15, 0.2) is 0 Å². The summed E-state index contributed by atoms with van der Waals surface area (Å²) in [6, 6.07) is 7.39. The topological polar surface area (TPSA) is 67.9 Å². The molecule has 1 saturated heterocycles. The first kappa shape index (κ1) is 15.3. The van der Waals surface area contributed by atoms with Crippen molar-refractivity contribution in [2.24, 2.45) is 0 Å². The first-order chi connectivity index (χ1) is 10.2. The van der Waals surface area contributed by atoms with Gasteiger partial charge < -0.3 is 19.7 Å². The Labute approximate surface area is 124 Å². The quantitative estimate of drug-likeness (QED) is 0.814. The normalized spacial score (nSPS) is 14.9. The van der Waals surface area contributed by atoms with Crippen molar-refractivity contribution in [3.8, 4) is 5.75 Å². The molecule has 1 heterocycles. The highest BCUT2D eigenvalue weighted by Crippen LogP contribution is 2.11. The van der Waals surface area contributed by atoms with E-state index in [1.807, 2.05) is 24.3 Å². The summed E-state index contributed by atoms with van der Waals surface area (Å²) in [4.78, 5) is 25.0. The van der Waals surface area contributed by atoms with Crippen LogP contribution in [0.25, 0.3) is 0 Å². The molecule has 1 aromatic rings. The minimum absolute atomic E-state index is 0.0225. The van der Waals surface area contributed by atoms with Crippen LogP contribution in [0.2, 0.25) is 0 Å². The van der Waals surface area contributed by atoms with E-state index in [4.69, 9.17) is 9.47 Å². The van der Waals surface area contributed by atoms with E-state index in [0.717, 1.165) is 11.3 Å². The number of nitrogens with zero attached hydrogens (tertiary/aromatic N) is 1. The number of carbonyl (C=O) groups excluding carboxylic acids is 2. The Bertz CT molecular complexity index is 487. The second kappa shape index (κ2) is 7.64. The molecule has 0 unspecified atom stereocenters. The second-order valence-corrected chi connectivity index (χ2v) is 4.81. The maximum atomic E-state index is 11.8. The molecule has 114 valence electrons. The van der Waals surface area contributed by atoms with E-state index in [-0.39, 0.29) is 18.4 Å². The van der Waals surface area contributed by atoms with E-state index in [0.29, 0.717) is 32.7 Å².